The van der Waals surface area contributed by atoms with Crippen molar-refractivity contribution in [3.8, 4) is 11.5 Å². The van der Waals surface area contributed by atoms with E-state index in [-0.39, 0.29) is 21.6 Å². The summed E-state index contributed by atoms with van der Waals surface area (Å²) in [5.41, 5.74) is 0.319. The molecule has 2 N–H and O–H groups in total. The molecule has 8 heteroatoms. The quantitative estimate of drug-likeness (QED) is 0.617. The number of hydrogen-bond acceptors (Lipinski definition) is 7. The zero-order valence-electron chi connectivity index (χ0n) is 11.9. The van der Waals surface area contributed by atoms with Crippen molar-refractivity contribution >= 4 is 23.8 Å². The van der Waals surface area contributed by atoms with Gasteiger partial charge >= 0.3 is 5.97 Å². The molecule has 0 aliphatic rings. The Balaban J connectivity index is 2.33. The van der Waals surface area contributed by atoms with Gasteiger partial charge in [0.1, 0.15) is 4.91 Å². The second-order valence-electron chi connectivity index (χ2n) is 4.13. The fourth-order valence-corrected chi connectivity index (χ4v) is 2.29. The number of aryl methyl sites for hydroxylation is 1. The van der Waals surface area contributed by atoms with Crippen molar-refractivity contribution in [1.82, 2.24) is 10.2 Å². The fourth-order valence-electron chi connectivity index (χ4n) is 1.61. The summed E-state index contributed by atoms with van der Waals surface area (Å²) in [5, 5.41) is 27.0. The minimum absolute atomic E-state index is 0.0603. The molecule has 0 saturated carbocycles. The number of benzene rings is 1. The van der Waals surface area contributed by atoms with E-state index in [1.165, 1.54) is 13.2 Å². The van der Waals surface area contributed by atoms with E-state index in [4.69, 9.17) is 9.15 Å². The van der Waals surface area contributed by atoms with Crippen molar-refractivity contribution in [2.45, 2.75) is 18.6 Å². The van der Waals surface area contributed by atoms with Crippen LogP contribution in [0.1, 0.15) is 18.4 Å². The molecule has 0 unspecified atom stereocenters. The lowest BCUT2D eigenvalue weighted by Gasteiger charge is -2.06. The summed E-state index contributed by atoms with van der Waals surface area (Å²) in [6.45, 7) is 1.85. The van der Waals surface area contributed by atoms with Crippen LogP contribution in [-0.2, 0) is 11.2 Å². The van der Waals surface area contributed by atoms with Crippen molar-refractivity contribution < 1.29 is 24.2 Å². The molecular weight excluding hydrogens is 308 g/mol. The molecule has 1 aromatic carbocycles. The summed E-state index contributed by atoms with van der Waals surface area (Å²) in [6, 6.07) is 4.80. The van der Waals surface area contributed by atoms with Crippen molar-refractivity contribution in [3.63, 3.8) is 0 Å². The standard InChI is InChI=1S/C14H14N2O5S/c1-3-11-15-16-14(21-11)22-10(13(18)19)7-8-5-4-6-9(20-2)12(8)17/h4-7,17H,3H2,1-2H3,(H,18,19)/b10-7-. The van der Waals surface area contributed by atoms with Gasteiger partial charge in [0.15, 0.2) is 11.5 Å². The summed E-state index contributed by atoms with van der Waals surface area (Å²) in [5.74, 6) is -0.612. The van der Waals surface area contributed by atoms with Gasteiger partial charge in [-0.15, -0.1) is 10.2 Å². The average Bonchev–Trinajstić information content (AvgIpc) is 2.96. The normalized spacial score (nSPS) is 11.5. The molecule has 0 amide bonds. The number of carbonyl (C=O) groups is 1. The molecule has 2 rings (SSSR count). The summed E-state index contributed by atoms with van der Waals surface area (Å²) in [4.78, 5) is 11.3. The lowest BCUT2D eigenvalue weighted by Crippen LogP contribution is -1.97. The van der Waals surface area contributed by atoms with Gasteiger partial charge in [-0.3, -0.25) is 0 Å². The molecule has 0 aliphatic heterocycles. The number of aliphatic carboxylic acids is 1. The van der Waals surface area contributed by atoms with Crippen LogP contribution >= 0.6 is 11.8 Å². The van der Waals surface area contributed by atoms with E-state index in [0.717, 1.165) is 11.8 Å². The molecule has 0 bridgehead atoms. The second-order valence-corrected chi connectivity index (χ2v) is 5.12. The first kappa shape index (κ1) is 15.9. The number of thioether (sulfide) groups is 1. The van der Waals surface area contributed by atoms with E-state index in [1.54, 1.807) is 18.2 Å². The maximum absolute atomic E-state index is 11.4. The highest BCUT2D eigenvalue weighted by Gasteiger charge is 2.16. The number of methoxy groups -OCH3 is 1. The molecular formula is C14H14N2O5S. The number of para-hydroxylation sites is 1. The monoisotopic (exact) mass is 322 g/mol. The summed E-state index contributed by atoms with van der Waals surface area (Å²) in [6.07, 6.45) is 1.89. The van der Waals surface area contributed by atoms with Crippen LogP contribution in [0.2, 0.25) is 0 Å². The number of phenols is 1. The van der Waals surface area contributed by atoms with Gasteiger partial charge in [0.05, 0.1) is 7.11 Å². The zero-order valence-corrected chi connectivity index (χ0v) is 12.8. The Morgan fingerprint density at radius 3 is 2.82 bits per heavy atom. The van der Waals surface area contributed by atoms with Crippen molar-refractivity contribution in [1.29, 1.82) is 0 Å². The number of rotatable bonds is 6. The zero-order chi connectivity index (χ0) is 16.1. The molecule has 0 fully saturated rings. The van der Waals surface area contributed by atoms with E-state index >= 15 is 0 Å². The smallest absolute Gasteiger partial charge is 0.342 e. The highest BCUT2D eigenvalue weighted by atomic mass is 32.2. The maximum Gasteiger partial charge on any atom is 0.342 e. The van der Waals surface area contributed by atoms with Crippen LogP contribution in [0.5, 0.6) is 11.5 Å². The van der Waals surface area contributed by atoms with Crippen LogP contribution in [0.15, 0.2) is 32.7 Å². The van der Waals surface area contributed by atoms with Gasteiger partial charge in [-0.1, -0.05) is 19.1 Å². The molecule has 116 valence electrons. The van der Waals surface area contributed by atoms with Gasteiger partial charge < -0.3 is 19.4 Å². The van der Waals surface area contributed by atoms with Crippen LogP contribution in [0.4, 0.5) is 0 Å². The molecule has 0 radical (unpaired) electrons. The van der Waals surface area contributed by atoms with E-state index in [2.05, 4.69) is 10.2 Å². The highest BCUT2D eigenvalue weighted by molar-refractivity contribution is 8.03. The molecule has 22 heavy (non-hydrogen) atoms. The maximum atomic E-state index is 11.4. The molecule has 7 nitrogen and oxygen atoms in total. The van der Waals surface area contributed by atoms with Crippen molar-refractivity contribution in [3.05, 3.63) is 34.6 Å². The Morgan fingerprint density at radius 1 is 1.45 bits per heavy atom. The number of nitrogens with zero attached hydrogens (tertiary/aromatic N) is 2. The van der Waals surface area contributed by atoms with Crippen LogP contribution in [0.3, 0.4) is 0 Å². The number of carboxylic acid groups (broad SMARTS) is 1. The number of aromatic nitrogens is 2. The Kier molecular flexibility index (Phi) is 5.05. The number of carboxylic acids is 1. The lowest BCUT2D eigenvalue weighted by atomic mass is 10.1. The van der Waals surface area contributed by atoms with Gasteiger partial charge in [0.25, 0.3) is 5.22 Å². The highest BCUT2D eigenvalue weighted by Crippen LogP contribution is 2.34. The van der Waals surface area contributed by atoms with Crippen LogP contribution in [-0.4, -0.2) is 33.5 Å². The fraction of sp³-hybridized carbons (Fsp3) is 0.214. The third-order valence-electron chi connectivity index (χ3n) is 2.70. The van der Waals surface area contributed by atoms with Crippen molar-refractivity contribution in [2.75, 3.05) is 7.11 Å². The first-order chi connectivity index (χ1) is 10.5. The topological polar surface area (TPSA) is 106 Å². The van der Waals surface area contributed by atoms with Gasteiger partial charge in [0.2, 0.25) is 5.89 Å². The van der Waals surface area contributed by atoms with Gasteiger partial charge in [-0.2, -0.15) is 0 Å². The summed E-state index contributed by atoms with van der Waals surface area (Å²) in [7, 11) is 1.42. The summed E-state index contributed by atoms with van der Waals surface area (Å²) < 4.78 is 10.3. The Labute approximate surface area is 130 Å². The van der Waals surface area contributed by atoms with E-state index < -0.39 is 5.97 Å². The lowest BCUT2D eigenvalue weighted by molar-refractivity contribution is -0.131. The largest absolute Gasteiger partial charge is 0.504 e. The number of hydrogen-bond donors (Lipinski definition) is 2. The van der Waals surface area contributed by atoms with Gasteiger partial charge in [-0.05, 0) is 23.9 Å². The SMILES string of the molecule is CCc1nnc(S/C(=C\c2cccc(OC)c2O)C(=O)O)o1. The van der Waals surface area contributed by atoms with Crippen molar-refractivity contribution in [2.24, 2.45) is 0 Å². The molecule has 0 saturated heterocycles. The van der Waals surface area contributed by atoms with Crippen LogP contribution in [0.25, 0.3) is 6.08 Å². The Morgan fingerprint density at radius 2 is 2.23 bits per heavy atom. The molecule has 0 spiro atoms. The third kappa shape index (κ3) is 3.59. The predicted molar refractivity (Wildman–Crippen MR) is 79.8 cm³/mol. The summed E-state index contributed by atoms with van der Waals surface area (Å²) >= 11 is 0.819. The van der Waals surface area contributed by atoms with Gasteiger partial charge in [-0.25, -0.2) is 4.79 Å². The first-order valence-electron chi connectivity index (χ1n) is 6.36. The third-order valence-corrected chi connectivity index (χ3v) is 3.55. The Bertz CT molecular complexity index is 711. The van der Waals surface area contributed by atoms with E-state index in [1.807, 2.05) is 6.92 Å². The minimum atomic E-state index is -1.16. The molecule has 0 atom stereocenters. The number of aromatic hydroxyl groups is 1. The molecule has 1 aromatic heterocycles. The van der Waals surface area contributed by atoms with Gasteiger partial charge in [0, 0.05) is 12.0 Å². The average molecular weight is 322 g/mol. The van der Waals surface area contributed by atoms with Crippen LogP contribution in [0, 0.1) is 0 Å². The molecule has 2 aromatic rings. The van der Waals surface area contributed by atoms with Crippen LogP contribution < -0.4 is 4.74 Å². The molecule has 0 aliphatic carbocycles. The second kappa shape index (κ2) is 6.99. The predicted octanol–water partition coefficient (Wildman–Crippen LogP) is 2.56. The molecule has 1 heterocycles. The number of ether oxygens (including phenoxy) is 1. The van der Waals surface area contributed by atoms with E-state index in [9.17, 15) is 15.0 Å². The number of phenolic OH excluding ortho intramolecular Hbond substituents is 1. The van der Waals surface area contributed by atoms with E-state index in [0.29, 0.717) is 17.9 Å². The first-order valence-corrected chi connectivity index (χ1v) is 7.18. The Hall–Kier alpha value is -2.48. The minimum Gasteiger partial charge on any atom is -0.504 e.